The summed E-state index contributed by atoms with van der Waals surface area (Å²) in [6.45, 7) is 0. The molecule has 2 N–H and O–H groups in total. The van der Waals surface area contributed by atoms with Crippen LogP contribution in [-0.4, -0.2) is 29.4 Å². The highest BCUT2D eigenvalue weighted by atomic mass is 16.5. The largest absolute Gasteiger partial charge is 0.508 e. The van der Waals surface area contributed by atoms with Gasteiger partial charge in [-0.25, -0.2) is 0 Å². The maximum absolute atomic E-state index is 12.1. The zero-order valence-electron chi connectivity index (χ0n) is 11.8. The van der Waals surface area contributed by atoms with Gasteiger partial charge in [-0.3, -0.25) is 9.59 Å². The lowest BCUT2D eigenvalue weighted by Gasteiger charge is -2.04. The highest BCUT2D eigenvalue weighted by molar-refractivity contribution is 6.07. The number of hydrogen-bond donors (Lipinski definition) is 2. The standard InChI is InChI=1S/C17H14O5/c1-22-17-7-4-12(9-16(17)21)15(20)6-3-11-2-5-14(19)8-13(11)10-18/h2-10,19,21H,1H3. The van der Waals surface area contributed by atoms with Crippen molar-refractivity contribution in [2.24, 2.45) is 0 Å². The minimum Gasteiger partial charge on any atom is -0.508 e. The van der Waals surface area contributed by atoms with Gasteiger partial charge < -0.3 is 14.9 Å². The van der Waals surface area contributed by atoms with E-state index in [1.807, 2.05) is 0 Å². The van der Waals surface area contributed by atoms with E-state index in [0.29, 0.717) is 17.4 Å². The predicted octanol–water partition coefficient (Wildman–Crippen LogP) is 2.82. The van der Waals surface area contributed by atoms with Gasteiger partial charge in [-0.15, -0.1) is 0 Å². The molecule has 0 saturated carbocycles. The lowest BCUT2D eigenvalue weighted by molar-refractivity contribution is 0.104. The molecule has 22 heavy (non-hydrogen) atoms. The summed E-state index contributed by atoms with van der Waals surface area (Å²) in [6, 6.07) is 8.61. The van der Waals surface area contributed by atoms with E-state index in [2.05, 4.69) is 0 Å². The van der Waals surface area contributed by atoms with Crippen LogP contribution in [0.3, 0.4) is 0 Å². The first kappa shape index (κ1) is 15.3. The molecule has 0 aliphatic heterocycles. The Balaban J connectivity index is 2.25. The molecule has 0 aliphatic rings. The number of methoxy groups -OCH3 is 1. The molecule has 0 heterocycles. The molecule has 0 aromatic heterocycles. The van der Waals surface area contributed by atoms with E-state index < -0.39 is 0 Å². The second-order valence-corrected chi connectivity index (χ2v) is 4.52. The Labute approximate surface area is 127 Å². The quantitative estimate of drug-likeness (QED) is 0.504. The van der Waals surface area contributed by atoms with Crippen LogP contribution in [0.2, 0.25) is 0 Å². The van der Waals surface area contributed by atoms with Gasteiger partial charge in [-0.05, 0) is 42.0 Å². The Bertz CT molecular complexity index is 747. The maximum atomic E-state index is 12.1. The third-order valence-electron chi connectivity index (χ3n) is 3.07. The van der Waals surface area contributed by atoms with E-state index in [9.17, 15) is 19.8 Å². The first-order valence-electron chi connectivity index (χ1n) is 6.42. The third-order valence-corrected chi connectivity index (χ3v) is 3.07. The number of aromatic hydroxyl groups is 2. The van der Waals surface area contributed by atoms with Crippen molar-refractivity contribution in [3.8, 4) is 17.2 Å². The summed E-state index contributed by atoms with van der Waals surface area (Å²) in [5.74, 6) is -0.198. The van der Waals surface area contributed by atoms with Crippen LogP contribution in [0.5, 0.6) is 17.2 Å². The van der Waals surface area contributed by atoms with Crippen molar-refractivity contribution < 1.29 is 24.5 Å². The van der Waals surface area contributed by atoms with Gasteiger partial charge in [0.25, 0.3) is 0 Å². The minimum absolute atomic E-state index is 0.0225. The Morgan fingerprint density at radius 2 is 1.86 bits per heavy atom. The summed E-state index contributed by atoms with van der Waals surface area (Å²) >= 11 is 0. The van der Waals surface area contributed by atoms with Gasteiger partial charge in [0, 0.05) is 11.1 Å². The van der Waals surface area contributed by atoms with Crippen molar-refractivity contribution in [2.75, 3.05) is 7.11 Å². The highest BCUT2D eigenvalue weighted by Gasteiger charge is 2.07. The minimum atomic E-state index is -0.331. The summed E-state index contributed by atoms with van der Waals surface area (Å²) in [5, 5.41) is 19.0. The number of phenols is 2. The summed E-state index contributed by atoms with van der Waals surface area (Å²) < 4.78 is 4.91. The van der Waals surface area contributed by atoms with Crippen LogP contribution in [0.1, 0.15) is 26.3 Å². The molecule has 0 fully saturated rings. The molecule has 2 rings (SSSR count). The number of rotatable bonds is 5. The SMILES string of the molecule is COc1ccc(C(=O)C=Cc2ccc(O)cc2C=O)cc1O. The molecule has 0 bridgehead atoms. The Kier molecular flexibility index (Phi) is 4.58. The molecule has 0 aliphatic carbocycles. The van der Waals surface area contributed by atoms with E-state index >= 15 is 0 Å². The van der Waals surface area contributed by atoms with Gasteiger partial charge in [0.1, 0.15) is 5.75 Å². The average molecular weight is 298 g/mol. The second-order valence-electron chi connectivity index (χ2n) is 4.52. The first-order valence-corrected chi connectivity index (χ1v) is 6.42. The topological polar surface area (TPSA) is 83.8 Å². The molecule has 5 nitrogen and oxygen atoms in total. The molecule has 0 unspecified atom stereocenters. The van der Waals surface area contributed by atoms with Crippen molar-refractivity contribution in [1.82, 2.24) is 0 Å². The molecule has 2 aromatic rings. The molecule has 0 saturated heterocycles. The number of phenolic OH excluding ortho intramolecular Hbond substituents is 2. The number of hydrogen-bond acceptors (Lipinski definition) is 5. The van der Waals surface area contributed by atoms with Crippen LogP contribution in [0.4, 0.5) is 0 Å². The van der Waals surface area contributed by atoms with Crippen LogP contribution in [-0.2, 0) is 0 Å². The van der Waals surface area contributed by atoms with Gasteiger partial charge in [-0.1, -0.05) is 12.1 Å². The fourth-order valence-corrected chi connectivity index (χ4v) is 1.92. The Morgan fingerprint density at radius 1 is 1.09 bits per heavy atom. The number of benzene rings is 2. The number of carbonyl (C=O) groups excluding carboxylic acids is 2. The number of allylic oxidation sites excluding steroid dienone is 1. The van der Waals surface area contributed by atoms with Crippen molar-refractivity contribution in [2.45, 2.75) is 0 Å². The third kappa shape index (κ3) is 3.32. The summed E-state index contributed by atoms with van der Waals surface area (Å²) in [4.78, 5) is 23.0. The Hall–Kier alpha value is -3.08. The zero-order chi connectivity index (χ0) is 16.1. The van der Waals surface area contributed by atoms with Crippen molar-refractivity contribution in [3.05, 3.63) is 59.2 Å². The second kappa shape index (κ2) is 6.58. The molecule has 112 valence electrons. The monoisotopic (exact) mass is 298 g/mol. The van der Waals surface area contributed by atoms with E-state index in [-0.39, 0.29) is 28.6 Å². The van der Waals surface area contributed by atoms with Crippen LogP contribution in [0, 0.1) is 0 Å². The fourth-order valence-electron chi connectivity index (χ4n) is 1.92. The number of aldehydes is 1. The number of ether oxygens (including phenoxy) is 1. The molecule has 5 heteroatoms. The Morgan fingerprint density at radius 3 is 2.50 bits per heavy atom. The number of ketones is 1. The normalized spacial score (nSPS) is 10.6. The van der Waals surface area contributed by atoms with Crippen LogP contribution in [0.15, 0.2) is 42.5 Å². The lowest BCUT2D eigenvalue weighted by atomic mass is 10.1. The van der Waals surface area contributed by atoms with Crippen LogP contribution in [0.25, 0.3) is 6.08 Å². The highest BCUT2D eigenvalue weighted by Crippen LogP contribution is 2.26. The lowest BCUT2D eigenvalue weighted by Crippen LogP contribution is -1.95. The van der Waals surface area contributed by atoms with Crippen LogP contribution < -0.4 is 4.74 Å². The van der Waals surface area contributed by atoms with Crippen molar-refractivity contribution >= 4 is 18.1 Å². The number of carbonyl (C=O) groups is 2. The van der Waals surface area contributed by atoms with Crippen molar-refractivity contribution in [3.63, 3.8) is 0 Å². The fraction of sp³-hybridized carbons (Fsp3) is 0.0588. The van der Waals surface area contributed by atoms with E-state index in [0.717, 1.165) is 0 Å². The molecule has 0 spiro atoms. The summed E-state index contributed by atoms with van der Waals surface area (Å²) in [6.07, 6.45) is 3.37. The van der Waals surface area contributed by atoms with Gasteiger partial charge >= 0.3 is 0 Å². The molecule has 2 aromatic carbocycles. The average Bonchev–Trinajstić information content (AvgIpc) is 2.53. The van der Waals surface area contributed by atoms with Gasteiger partial charge in [0.2, 0.25) is 0 Å². The van der Waals surface area contributed by atoms with Gasteiger partial charge in [0.15, 0.2) is 23.6 Å². The summed E-state index contributed by atoms with van der Waals surface area (Å²) in [5.41, 5.74) is 1.08. The van der Waals surface area contributed by atoms with Crippen LogP contribution >= 0.6 is 0 Å². The first-order chi connectivity index (χ1) is 10.5. The molecular formula is C17H14O5. The molecule has 0 radical (unpaired) electrons. The van der Waals surface area contributed by atoms with E-state index in [1.54, 1.807) is 0 Å². The van der Waals surface area contributed by atoms with Crippen molar-refractivity contribution in [1.29, 1.82) is 0 Å². The van der Waals surface area contributed by atoms with E-state index in [4.69, 9.17) is 4.74 Å². The molecule has 0 atom stereocenters. The molecular weight excluding hydrogens is 284 g/mol. The smallest absolute Gasteiger partial charge is 0.185 e. The van der Waals surface area contributed by atoms with Gasteiger partial charge in [-0.2, -0.15) is 0 Å². The maximum Gasteiger partial charge on any atom is 0.185 e. The zero-order valence-corrected chi connectivity index (χ0v) is 11.8. The summed E-state index contributed by atoms with van der Waals surface area (Å²) in [7, 11) is 1.42. The molecule has 0 amide bonds. The van der Waals surface area contributed by atoms with Gasteiger partial charge in [0.05, 0.1) is 7.11 Å². The predicted molar refractivity (Wildman–Crippen MR) is 81.5 cm³/mol. The van der Waals surface area contributed by atoms with E-state index in [1.165, 1.54) is 55.7 Å².